The predicted molar refractivity (Wildman–Crippen MR) is 81.9 cm³/mol. The summed E-state index contributed by atoms with van der Waals surface area (Å²) in [6.07, 6.45) is 2.42. The smallest absolute Gasteiger partial charge is 0.233 e. The molecule has 104 valence electrons. The Kier molecular flexibility index (Phi) is 3.38. The Labute approximate surface area is 131 Å². The van der Waals surface area contributed by atoms with Crippen molar-refractivity contribution in [3.05, 3.63) is 45.5 Å². The molecule has 0 saturated carbocycles. The van der Waals surface area contributed by atoms with Crippen molar-refractivity contribution in [3.63, 3.8) is 0 Å². The van der Waals surface area contributed by atoms with E-state index >= 15 is 0 Å². The number of benzene rings is 1. The molecule has 0 radical (unpaired) electrons. The van der Waals surface area contributed by atoms with Gasteiger partial charge in [-0.25, -0.2) is 4.98 Å². The van der Waals surface area contributed by atoms with E-state index in [-0.39, 0.29) is 5.60 Å². The Hall–Kier alpha value is -1.26. The van der Waals surface area contributed by atoms with Crippen LogP contribution in [0.2, 0.25) is 5.02 Å². The summed E-state index contributed by atoms with van der Waals surface area (Å²) >= 11 is 9.27. The van der Waals surface area contributed by atoms with Gasteiger partial charge in [0.25, 0.3) is 0 Å². The van der Waals surface area contributed by atoms with Crippen LogP contribution in [0.5, 0.6) is 17.4 Å². The highest BCUT2D eigenvalue weighted by molar-refractivity contribution is 9.10. The summed E-state index contributed by atoms with van der Waals surface area (Å²) in [5, 5.41) is 0.555. The Balaban J connectivity index is 1.95. The monoisotopic (exact) mass is 353 g/mol. The maximum absolute atomic E-state index is 5.97. The van der Waals surface area contributed by atoms with E-state index in [0.717, 1.165) is 17.7 Å². The Morgan fingerprint density at radius 1 is 1.40 bits per heavy atom. The number of pyridine rings is 1. The number of aromatic nitrogens is 1. The molecule has 3 nitrogen and oxygen atoms in total. The molecule has 1 aromatic heterocycles. The summed E-state index contributed by atoms with van der Waals surface area (Å²) in [5.74, 6) is 1.93. The molecule has 1 aliphatic heterocycles. The van der Waals surface area contributed by atoms with E-state index in [1.165, 1.54) is 0 Å². The van der Waals surface area contributed by atoms with Gasteiger partial charge in [0.1, 0.15) is 5.60 Å². The molecule has 0 N–H and O–H groups in total. The lowest BCUT2D eigenvalue weighted by atomic mass is 10.0. The van der Waals surface area contributed by atoms with Crippen molar-refractivity contribution < 1.29 is 9.47 Å². The van der Waals surface area contributed by atoms with Crippen LogP contribution in [0.15, 0.2) is 34.9 Å². The second-order valence-electron chi connectivity index (χ2n) is 5.33. The SMILES string of the molecule is CC1(C)Cc2cccc(Oc3ncc(Cl)cc3Br)c2O1. The van der Waals surface area contributed by atoms with Gasteiger partial charge < -0.3 is 9.47 Å². The molecule has 0 spiro atoms. The second-order valence-corrected chi connectivity index (χ2v) is 6.62. The maximum atomic E-state index is 5.97. The normalized spacial score (nSPS) is 15.6. The first-order valence-electron chi connectivity index (χ1n) is 6.24. The molecule has 0 fully saturated rings. The van der Waals surface area contributed by atoms with E-state index < -0.39 is 0 Å². The maximum Gasteiger partial charge on any atom is 0.233 e. The zero-order valence-electron chi connectivity index (χ0n) is 11.1. The van der Waals surface area contributed by atoms with Gasteiger partial charge in [0.15, 0.2) is 11.5 Å². The van der Waals surface area contributed by atoms with Crippen LogP contribution in [0, 0.1) is 0 Å². The quantitative estimate of drug-likeness (QED) is 0.760. The predicted octanol–water partition coefficient (Wildman–Crippen LogP) is 5.00. The van der Waals surface area contributed by atoms with E-state index in [9.17, 15) is 0 Å². The zero-order valence-corrected chi connectivity index (χ0v) is 13.5. The van der Waals surface area contributed by atoms with Gasteiger partial charge in [0.05, 0.1) is 9.50 Å². The third-order valence-corrected chi connectivity index (χ3v) is 3.81. The van der Waals surface area contributed by atoms with Crippen LogP contribution in [0.3, 0.4) is 0 Å². The van der Waals surface area contributed by atoms with Gasteiger partial charge in [-0.3, -0.25) is 0 Å². The highest BCUT2D eigenvalue weighted by Gasteiger charge is 2.32. The first-order chi connectivity index (χ1) is 9.44. The Bertz CT molecular complexity index is 673. The number of halogens is 2. The molecule has 0 amide bonds. The molecule has 20 heavy (non-hydrogen) atoms. The molecular weight excluding hydrogens is 342 g/mol. The molecule has 2 heterocycles. The Morgan fingerprint density at radius 3 is 2.95 bits per heavy atom. The number of fused-ring (bicyclic) bond motifs is 1. The van der Waals surface area contributed by atoms with E-state index in [2.05, 4.69) is 40.8 Å². The van der Waals surface area contributed by atoms with Crippen molar-refractivity contribution in [1.29, 1.82) is 0 Å². The molecule has 0 saturated heterocycles. The average molecular weight is 355 g/mol. The number of nitrogens with zero attached hydrogens (tertiary/aromatic N) is 1. The van der Waals surface area contributed by atoms with E-state index in [0.29, 0.717) is 21.1 Å². The molecule has 0 bridgehead atoms. The van der Waals surface area contributed by atoms with Crippen LogP contribution < -0.4 is 9.47 Å². The number of rotatable bonds is 2. The van der Waals surface area contributed by atoms with Crippen molar-refractivity contribution in [2.75, 3.05) is 0 Å². The molecule has 1 aromatic carbocycles. The van der Waals surface area contributed by atoms with Crippen LogP contribution in [-0.2, 0) is 6.42 Å². The number of hydrogen-bond acceptors (Lipinski definition) is 3. The van der Waals surface area contributed by atoms with Crippen molar-refractivity contribution in [2.24, 2.45) is 0 Å². The van der Waals surface area contributed by atoms with Crippen LogP contribution >= 0.6 is 27.5 Å². The fourth-order valence-corrected chi connectivity index (χ4v) is 2.97. The third-order valence-electron chi connectivity index (χ3n) is 3.04. The molecule has 1 aliphatic rings. The van der Waals surface area contributed by atoms with E-state index in [1.54, 1.807) is 12.3 Å². The highest BCUT2D eigenvalue weighted by Crippen LogP contribution is 2.43. The minimum absolute atomic E-state index is 0.202. The van der Waals surface area contributed by atoms with Crippen molar-refractivity contribution in [2.45, 2.75) is 25.9 Å². The van der Waals surface area contributed by atoms with Gasteiger partial charge >= 0.3 is 0 Å². The summed E-state index contributed by atoms with van der Waals surface area (Å²) in [5.41, 5.74) is 0.949. The first-order valence-corrected chi connectivity index (χ1v) is 7.41. The summed E-state index contributed by atoms with van der Waals surface area (Å²) in [4.78, 5) is 4.18. The Morgan fingerprint density at radius 2 is 2.20 bits per heavy atom. The summed E-state index contributed by atoms with van der Waals surface area (Å²) in [6.45, 7) is 4.13. The van der Waals surface area contributed by atoms with Crippen LogP contribution in [0.1, 0.15) is 19.4 Å². The molecule has 0 atom stereocenters. The van der Waals surface area contributed by atoms with Crippen LogP contribution in [0.4, 0.5) is 0 Å². The molecule has 2 aromatic rings. The first kappa shape index (κ1) is 13.7. The van der Waals surface area contributed by atoms with Gasteiger partial charge in [-0.1, -0.05) is 23.7 Å². The van der Waals surface area contributed by atoms with Gasteiger partial charge in [-0.2, -0.15) is 0 Å². The van der Waals surface area contributed by atoms with E-state index in [1.807, 2.05) is 12.1 Å². The van der Waals surface area contributed by atoms with Crippen molar-refractivity contribution in [3.8, 4) is 17.4 Å². The topological polar surface area (TPSA) is 31.4 Å². The molecule has 0 unspecified atom stereocenters. The summed E-state index contributed by atoms with van der Waals surface area (Å²) in [7, 11) is 0. The number of para-hydroxylation sites is 1. The molecular formula is C15H13BrClNO2. The van der Waals surface area contributed by atoms with Crippen LogP contribution in [-0.4, -0.2) is 10.6 Å². The van der Waals surface area contributed by atoms with Gasteiger partial charge in [-0.05, 0) is 41.9 Å². The minimum atomic E-state index is -0.202. The molecule has 5 heteroatoms. The minimum Gasteiger partial charge on any atom is -0.483 e. The summed E-state index contributed by atoms with van der Waals surface area (Å²) in [6, 6.07) is 7.64. The van der Waals surface area contributed by atoms with Gasteiger partial charge in [0, 0.05) is 18.2 Å². The van der Waals surface area contributed by atoms with E-state index in [4.69, 9.17) is 21.1 Å². The molecule has 0 aliphatic carbocycles. The largest absolute Gasteiger partial charge is 0.483 e. The number of ether oxygens (including phenoxy) is 2. The average Bonchev–Trinajstić information content (AvgIpc) is 2.67. The fraction of sp³-hybridized carbons (Fsp3) is 0.267. The summed E-state index contributed by atoms with van der Waals surface area (Å²) < 4.78 is 12.5. The van der Waals surface area contributed by atoms with Gasteiger partial charge in [-0.15, -0.1) is 0 Å². The third kappa shape index (κ3) is 2.63. The zero-order chi connectivity index (χ0) is 14.3. The van der Waals surface area contributed by atoms with Crippen molar-refractivity contribution >= 4 is 27.5 Å². The highest BCUT2D eigenvalue weighted by atomic mass is 79.9. The molecule has 3 rings (SSSR count). The number of hydrogen-bond donors (Lipinski definition) is 0. The van der Waals surface area contributed by atoms with Crippen molar-refractivity contribution in [1.82, 2.24) is 4.98 Å². The lowest BCUT2D eigenvalue weighted by Gasteiger charge is -2.18. The van der Waals surface area contributed by atoms with Gasteiger partial charge in [0.2, 0.25) is 5.88 Å². The standard InChI is InChI=1S/C15H13BrClNO2/c1-15(2)7-9-4-3-5-12(13(9)20-15)19-14-11(16)6-10(17)8-18-14/h3-6,8H,7H2,1-2H3. The lowest BCUT2D eigenvalue weighted by Crippen LogP contribution is -2.24. The fourth-order valence-electron chi connectivity index (χ4n) is 2.25. The lowest BCUT2D eigenvalue weighted by molar-refractivity contribution is 0.135. The van der Waals surface area contributed by atoms with Crippen LogP contribution in [0.25, 0.3) is 0 Å². The second kappa shape index (κ2) is 4.93.